The van der Waals surface area contributed by atoms with Crippen LogP contribution in [-0.2, 0) is 4.79 Å². The summed E-state index contributed by atoms with van der Waals surface area (Å²) >= 11 is 0. The van der Waals surface area contributed by atoms with Crippen LogP contribution >= 0.6 is 0 Å². The van der Waals surface area contributed by atoms with Gasteiger partial charge >= 0.3 is 0 Å². The topological polar surface area (TPSA) is 71.8 Å². The summed E-state index contributed by atoms with van der Waals surface area (Å²) < 4.78 is 0. The number of primary amides is 1. The maximum atomic E-state index is 11.9. The van der Waals surface area contributed by atoms with Crippen molar-refractivity contribution in [2.75, 3.05) is 0 Å². The maximum Gasteiger partial charge on any atom is 0.229 e. The number of aromatic nitrogens is 2. The fourth-order valence-corrected chi connectivity index (χ4v) is 3.17. The highest BCUT2D eigenvalue weighted by atomic mass is 16.1. The van der Waals surface area contributed by atoms with Crippen LogP contribution in [0.4, 0.5) is 0 Å². The van der Waals surface area contributed by atoms with Gasteiger partial charge in [-0.1, -0.05) is 42.5 Å². The summed E-state index contributed by atoms with van der Waals surface area (Å²) in [6, 6.07) is 13.8. The summed E-state index contributed by atoms with van der Waals surface area (Å²) in [6.07, 6.45) is 3.52. The van der Waals surface area contributed by atoms with Crippen molar-refractivity contribution < 1.29 is 4.79 Å². The van der Waals surface area contributed by atoms with Crippen molar-refractivity contribution in [3.05, 3.63) is 66.0 Å². The highest BCUT2D eigenvalue weighted by Crippen LogP contribution is 2.48. The van der Waals surface area contributed by atoms with E-state index in [0.29, 0.717) is 0 Å². The third kappa shape index (κ3) is 1.62. The number of aromatic amines is 1. The first-order valence-electron chi connectivity index (χ1n) is 6.78. The van der Waals surface area contributed by atoms with E-state index in [9.17, 15) is 4.79 Å². The number of hydrogen-bond acceptors (Lipinski definition) is 2. The van der Waals surface area contributed by atoms with Crippen LogP contribution in [0.15, 0.2) is 54.9 Å². The van der Waals surface area contributed by atoms with E-state index in [-0.39, 0.29) is 11.8 Å². The Kier molecular flexibility index (Phi) is 2.44. The fourth-order valence-electron chi connectivity index (χ4n) is 3.17. The van der Waals surface area contributed by atoms with Crippen molar-refractivity contribution in [1.82, 2.24) is 9.97 Å². The lowest BCUT2D eigenvalue weighted by molar-refractivity contribution is -0.118. The van der Waals surface area contributed by atoms with Crippen molar-refractivity contribution in [2.24, 2.45) is 5.73 Å². The van der Waals surface area contributed by atoms with Gasteiger partial charge in [0.25, 0.3) is 0 Å². The standard InChI is InChI=1S/C17H13N3O/c18-16(21)15-11-5-2-1-4-10(11)14-12(15)6-3-7-13(14)17-19-8-9-20-17/h1-9,15H,(H2,18,21)(H,19,20)/t15-/m1/s1. The number of nitrogens with one attached hydrogen (secondary N) is 1. The van der Waals surface area contributed by atoms with E-state index in [0.717, 1.165) is 33.6 Å². The smallest absolute Gasteiger partial charge is 0.229 e. The third-order valence-electron chi connectivity index (χ3n) is 3.99. The second-order valence-corrected chi connectivity index (χ2v) is 5.13. The van der Waals surface area contributed by atoms with Gasteiger partial charge in [-0.3, -0.25) is 4.79 Å². The van der Waals surface area contributed by atoms with Gasteiger partial charge in [-0.15, -0.1) is 0 Å². The second kappa shape index (κ2) is 4.31. The molecule has 4 nitrogen and oxygen atoms in total. The van der Waals surface area contributed by atoms with Gasteiger partial charge in [0.05, 0.1) is 5.92 Å². The molecule has 0 aliphatic heterocycles. The summed E-state index contributed by atoms with van der Waals surface area (Å²) in [5.41, 5.74) is 10.7. The quantitative estimate of drug-likeness (QED) is 0.754. The summed E-state index contributed by atoms with van der Waals surface area (Å²) in [4.78, 5) is 19.4. The van der Waals surface area contributed by atoms with Crippen molar-refractivity contribution in [3.63, 3.8) is 0 Å². The van der Waals surface area contributed by atoms with Gasteiger partial charge in [0.1, 0.15) is 5.82 Å². The Bertz CT molecular complexity index is 837. The fraction of sp³-hybridized carbons (Fsp3) is 0.0588. The molecule has 0 unspecified atom stereocenters. The van der Waals surface area contributed by atoms with Gasteiger partial charge in [-0.2, -0.15) is 0 Å². The summed E-state index contributed by atoms with van der Waals surface area (Å²) in [6.45, 7) is 0. The number of nitrogens with zero attached hydrogens (tertiary/aromatic N) is 1. The molecular formula is C17H13N3O. The lowest BCUT2D eigenvalue weighted by Gasteiger charge is -2.09. The maximum absolute atomic E-state index is 11.9. The number of benzene rings is 2. The van der Waals surface area contributed by atoms with Crippen LogP contribution in [-0.4, -0.2) is 15.9 Å². The first-order chi connectivity index (χ1) is 10.3. The number of imidazole rings is 1. The number of hydrogen-bond donors (Lipinski definition) is 2. The average Bonchev–Trinajstić information content (AvgIpc) is 3.12. The number of carbonyl (C=O) groups excluding carboxylic acids is 1. The first-order valence-corrected chi connectivity index (χ1v) is 6.78. The minimum atomic E-state index is -0.383. The van der Waals surface area contributed by atoms with Crippen LogP contribution < -0.4 is 5.73 Å². The zero-order valence-electron chi connectivity index (χ0n) is 11.2. The predicted molar refractivity (Wildman–Crippen MR) is 80.5 cm³/mol. The Morgan fingerprint density at radius 2 is 1.81 bits per heavy atom. The highest BCUT2D eigenvalue weighted by Gasteiger charge is 2.34. The van der Waals surface area contributed by atoms with E-state index in [1.165, 1.54) is 0 Å². The summed E-state index contributed by atoms with van der Waals surface area (Å²) in [5.74, 6) is 0.0932. The Balaban J connectivity index is 2.07. The number of fused-ring (bicyclic) bond motifs is 3. The van der Waals surface area contributed by atoms with Gasteiger partial charge in [0, 0.05) is 18.0 Å². The van der Waals surface area contributed by atoms with Crippen molar-refractivity contribution in [1.29, 1.82) is 0 Å². The van der Waals surface area contributed by atoms with Gasteiger partial charge in [-0.05, 0) is 22.3 Å². The van der Waals surface area contributed by atoms with Gasteiger partial charge in [-0.25, -0.2) is 4.98 Å². The molecule has 4 heteroatoms. The lowest BCUT2D eigenvalue weighted by atomic mass is 9.95. The molecule has 0 spiro atoms. The van der Waals surface area contributed by atoms with Crippen LogP contribution in [0.5, 0.6) is 0 Å². The first kappa shape index (κ1) is 11.9. The second-order valence-electron chi connectivity index (χ2n) is 5.13. The molecule has 0 radical (unpaired) electrons. The molecule has 3 aromatic rings. The number of rotatable bonds is 2. The van der Waals surface area contributed by atoms with Gasteiger partial charge in [0.15, 0.2) is 0 Å². The molecule has 102 valence electrons. The molecule has 1 aliphatic rings. The lowest BCUT2D eigenvalue weighted by Crippen LogP contribution is -2.20. The van der Waals surface area contributed by atoms with E-state index >= 15 is 0 Å². The van der Waals surface area contributed by atoms with E-state index in [1.807, 2.05) is 42.5 Å². The number of amides is 1. The molecule has 21 heavy (non-hydrogen) atoms. The zero-order valence-corrected chi connectivity index (χ0v) is 11.2. The van der Waals surface area contributed by atoms with Gasteiger partial charge < -0.3 is 10.7 Å². The number of carbonyl (C=O) groups is 1. The van der Waals surface area contributed by atoms with Crippen LogP contribution in [0, 0.1) is 0 Å². The highest BCUT2D eigenvalue weighted by molar-refractivity contribution is 5.99. The molecular weight excluding hydrogens is 262 g/mol. The SMILES string of the molecule is NC(=O)[C@@H]1c2ccccc2-c2c(-c3ncc[nH]3)cccc21. The summed E-state index contributed by atoms with van der Waals surface area (Å²) in [5, 5.41) is 0. The van der Waals surface area contributed by atoms with Crippen molar-refractivity contribution in [2.45, 2.75) is 5.92 Å². The third-order valence-corrected chi connectivity index (χ3v) is 3.99. The Hall–Kier alpha value is -2.88. The monoisotopic (exact) mass is 275 g/mol. The minimum Gasteiger partial charge on any atom is -0.369 e. The molecule has 1 heterocycles. The molecule has 0 saturated heterocycles. The molecule has 0 fully saturated rings. The molecule has 0 saturated carbocycles. The molecule has 0 bridgehead atoms. The summed E-state index contributed by atoms with van der Waals surface area (Å²) in [7, 11) is 0. The minimum absolute atomic E-state index is 0.321. The van der Waals surface area contributed by atoms with Crippen LogP contribution in [0.1, 0.15) is 17.0 Å². The molecule has 1 aliphatic carbocycles. The molecule has 1 amide bonds. The Labute approximate surface area is 121 Å². The predicted octanol–water partition coefficient (Wildman–Crippen LogP) is 2.67. The Morgan fingerprint density at radius 1 is 1.05 bits per heavy atom. The molecule has 3 N–H and O–H groups in total. The normalized spacial score (nSPS) is 15.5. The van der Waals surface area contributed by atoms with Crippen molar-refractivity contribution in [3.8, 4) is 22.5 Å². The van der Waals surface area contributed by atoms with Crippen LogP contribution in [0.25, 0.3) is 22.5 Å². The molecule has 4 rings (SSSR count). The molecule has 2 aromatic carbocycles. The van der Waals surface area contributed by atoms with E-state index in [4.69, 9.17) is 5.73 Å². The molecule has 1 atom stereocenters. The van der Waals surface area contributed by atoms with E-state index in [1.54, 1.807) is 12.4 Å². The zero-order chi connectivity index (χ0) is 14.4. The largest absolute Gasteiger partial charge is 0.369 e. The average molecular weight is 275 g/mol. The number of nitrogens with two attached hydrogens (primary N) is 1. The Morgan fingerprint density at radius 3 is 2.57 bits per heavy atom. The van der Waals surface area contributed by atoms with Crippen LogP contribution in [0.3, 0.4) is 0 Å². The van der Waals surface area contributed by atoms with Gasteiger partial charge in [0.2, 0.25) is 5.91 Å². The number of H-pyrrole nitrogens is 1. The van der Waals surface area contributed by atoms with E-state index in [2.05, 4.69) is 9.97 Å². The van der Waals surface area contributed by atoms with Crippen molar-refractivity contribution >= 4 is 5.91 Å². The molecule has 1 aromatic heterocycles. The van der Waals surface area contributed by atoms with Crippen LogP contribution in [0.2, 0.25) is 0 Å². The van der Waals surface area contributed by atoms with E-state index < -0.39 is 0 Å².